The molecule has 0 aliphatic carbocycles. The Balaban J connectivity index is 1.65. The van der Waals surface area contributed by atoms with Crippen LogP contribution in [0.2, 0.25) is 0 Å². The molecule has 5 rings (SSSR count). The van der Waals surface area contributed by atoms with Crippen molar-refractivity contribution < 1.29 is 9.21 Å². The van der Waals surface area contributed by atoms with Gasteiger partial charge in [0.15, 0.2) is 0 Å². The molecule has 2 aromatic carbocycles. The number of aromatic nitrogens is 2. The number of para-hydroxylation sites is 1. The van der Waals surface area contributed by atoms with E-state index >= 15 is 0 Å². The minimum Gasteiger partial charge on any atom is -0.467 e. The third-order valence-electron chi connectivity index (χ3n) is 5.06. The van der Waals surface area contributed by atoms with Gasteiger partial charge in [0.05, 0.1) is 24.0 Å². The number of benzene rings is 2. The van der Waals surface area contributed by atoms with Crippen molar-refractivity contribution in [2.24, 2.45) is 0 Å². The number of nitrogens with one attached hydrogen (secondary N) is 2. The van der Waals surface area contributed by atoms with Gasteiger partial charge in [-0.2, -0.15) is 0 Å². The highest BCUT2D eigenvalue weighted by atomic mass is 16.3. The number of amides is 1. The number of pyridine rings is 1. The first kappa shape index (κ1) is 17.3. The summed E-state index contributed by atoms with van der Waals surface area (Å²) >= 11 is 0. The fraction of sp³-hybridized carbons (Fsp3) is 0.0833. The van der Waals surface area contributed by atoms with Crippen LogP contribution in [-0.4, -0.2) is 15.9 Å². The van der Waals surface area contributed by atoms with Crippen molar-refractivity contribution in [2.45, 2.75) is 13.5 Å². The first-order valence-corrected chi connectivity index (χ1v) is 9.48. The second kappa shape index (κ2) is 6.95. The second-order valence-electron chi connectivity index (χ2n) is 7.08. The van der Waals surface area contributed by atoms with E-state index in [1.165, 1.54) is 5.56 Å². The molecule has 0 atom stereocenters. The van der Waals surface area contributed by atoms with Crippen LogP contribution in [0, 0.1) is 6.92 Å². The molecule has 0 spiro atoms. The molecule has 2 N–H and O–H groups in total. The molecule has 29 heavy (non-hydrogen) atoms. The molecular formula is C24H19N3O2. The van der Waals surface area contributed by atoms with E-state index in [4.69, 9.17) is 9.40 Å². The Kier molecular flexibility index (Phi) is 4.13. The zero-order valence-corrected chi connectivity index (χ0v) is 15.9. The van der Waals surface area contributed by atoms with Gasteiger partial charge in [0.2, 0.25) is 0 Å². The van der Waals surface area contributed by atoms with Gasteiger partial charge >= 0.3 is 0 Å². The van der Waals surface area contributed by atoms with Gasteiger partial charge in [-0.1, -0.05) is 48.0 Å². The van der Waals surface area contributed by atoms with Gasteiger partial charge in [0, 0.05) is 21.9 Å². The highest BCUT2D eigenvalue weighted by Crippen LogP contribution is 2.32. The summed E-state index contributed by atoms with van der Waals surface area (Å²) in [5, 5.41) is 4.94. The van der Waals surface area contributed by atoms with Gasteiger partial charge in [-0.05, 0) is 31.2 Å². The van der Waals surface area contributed by atoms with Crippen molar-refractivity contribution in [3.8, 4) is 11.3 Å². The summed E-state index contributed by atoms with van der Waals surface area (Å²) in [7, 11) is 0. The maximum atomic E-state index is 12.9. The third kappa shape index (κ3) is 3.17. The van der Waals surface area contributed by atoms with Gasteiger partial charge in [-0.15, -0.1) is 0 Å². The van der Waals surface area contributed by atoms with Crippen LogP contribution in [0.15, 0.2) is 77.4 Å². The zero-order chi connectivity index (χ0) is 19.8. The maximum absolute atomic E-state index is 12.9. The number of hydrogen-bond donors (Lipinski definition) is 2. The molecule has 0 aliphatic rings. The fourth-order valence-corrected chi connectivity index (χ4v) is 3.55. The van der Waals surface area contributed by atoms with E-state index in [0.717, 1.165) is 33.1 Å². The number of nitrogens with zero attached hydrogens (tertiary/aromatic N) is 1. The van der Waals surface area contributed by atoms with Crippen LogP contribution in [0.3, 0.4) is 0 Å². The number of carbonyl (C=O) groups excluding carboxylic acids is 1. The number of aryl methyl sites for hydroxylation is 1. The zero-order valence-electron chi connectivity index (χ0n) is 15.9. The average molecular weight is 381 g/mol. The van der Waals surface area contributed by atoms with Crippen LogP contribution in [0.4, 0.5) is 0 Å². The fourth-order valence-electron chi connectivity index (χ4n) is 3.55. The number of carbonyl (C=O) groups is 1. The van der Waals surface area contributed by atoms with E-state index < -0.39 is 0 Å². The summed E-state index contributed by atoms with van der Waals surface area (Å²) < 4.78 is 5.30. The first-order chi connectivity index (χ1) is 14.2. The minimum absolute atomic E-state index is 0.234. The summed E-state index contributed by atoms with van der Waals surface area (Å²) in [5.41, 5.74) is 5.23. The van der Waals surface area contributed by atoms with E-state index in [-0.39, 0.29) is 5.91 Å². The summed E-state index contributed by atoms with van der Waals surface area (Å²) in [6, 6.07) is 21.7. The minimum atomic E-state index is -0.234. The Morgan fingerprint density at radius 1 is 1.03 bits per heavy atom. The number of fused-ring (bicyclic) bond motifs is 3. The first-order valence-electron chi connectivity index (χ1n) is 9.48. The van der Waals surface area contributed by atoms with E-state index in [1.807, 2.05) is 49.4 Å². The molecule has 0 radical (unpaired) electrons. The van der Waals surface area contributed by atoms with Crippen molar-refractivity contribution in [3.63, 3.8) is 0 Å². The second-order valence-corrected chi connectivity index (χ2v) is 7.08. The van der Waals surface area contributed by atoms with Crippen molar-refractivity contribution in [2.75, 3.05) is 0 Å². The third-order valence-corrected chi connectivity index (χ3v) is 5.06. The largest absolute Gasteiger partial charge is 0.467 e. The lowest BCUT2D eigenvalue weighted by atomic mass is 10.1. The summed E-state index contributed by atoms with van der Waals surface area (Å²) in [6.07, 6.45) is 1.59. The predicted octanol–water partition coefficient (Wildman–Crippen LogP) is 5.21. The normalized spacial score (nSPS) is 11.2. The molecule has 0 bridgehead atoms. The molecule has 3 heterocycles. The number of H-pyrrole nitrogens is 1. The van der Waals surface area contributed by atoms with Gasteiger partial charge in [0.1, 0.15) is 11.5 Å². The summed E-state index contributed by atoms with van der Waals surface area (Å²) in [6.45, 7) is 2.37. The van der Waals surface area contributed by atoms with Crippen molar-refractivity contribution in [1.29, 1.82) is 0 Å². The smallest absolute Gasteiger partial charge is 0.270 e. The molecule has 5 heteroatoms. The van der Waals surface area contributed by atoms with Gasteiger partial charge in [-0.25, -0.2) is 4.98 Å². The van der Waals surface area contributed by atoms with Crippen LogP contribution in [-0.2, 0) is 6.54 Å². The van der Waals surface area contributed by atoms with E-state index in [9.17, 15) is 4.79 Å². The van der Waals surface area contributed by atoms with E-state index in [1.54, 1.807) is 12.3 Å². The molecule has 0 unspecified atom stereocenters. The van der Waals surface area contributed by atoms with Crippen LogP contribution >= 0.6 is 0 Å². The Labute approximate surface area is 167 Å². The standard InChI is InChI=1S/C24H19N3O2/c1-15-8-10-16(11-9-15)22-23-19(18-6-2-3-7-20(18)26-23)13-21(27-22)24(28)25-14-17-5-4-12-29-17/h2-13,26H,14H2,1H3,(H,25,28). The van der Waals surface area contributed by atoms with Crippen LogP contribution in [0.25, 0.3) is 33.1 Å². The van der Waals surface area contributed by atoms with Gasteiger partial charge in [-0.3, -0.25) is 4.79 Å². The molecule has 0 saturated heterocycles. The van der Waals surface area contributed by atoms with Crippen molar-refractivity contribution >= 4 is 27.7 Å². The molecule has 0 fully saturated rings. The van der Waals surface area contributed by atoms with Crippen molar-refractivity contribution in [1.82, 2.24) is 15.3 Å². The monoisotopic (exact) mass is 381 g/mol. The maximum Gasteiger partial charge on any atom is 0.270 e. The lowest BCUT2D eigenvalue weighted by molar-refractivity contribution is 0.0943. The quantitative estimate of drug-likeness (QED) is 0.449. The van der Waals surface area contributed by atoms with Crippen molar-refractivity contribution in [3.05, 3.63) is 90.0 Å². The predicted molar refractivity (Wildman–Crippen MR) is 114 cm³/mol. The molecule has 0 saturated carbocycles. The number of hydrogen-bond acceptors (Lipinski definition) is 3. The van der Waals surface area contributed by atoms with E-state index in [0.29, 0.717) is 18.0 Å². The summed E-state index contributed by atoms with van der Waals surface area (Å²) in [5.74, 6) is 0.465. The number of aromatic amines is 1. The Hall–Kier alpha value is -3.86. The number of rotatable bonds is 4. The van der Waals surface area contributed by atoms with Gasteiger partial charge in [0.25, 0.3) is 5.91 Å². The lowest BCUT2D eigenvalue weighted by Crippen LogP contribution is -2.23. The molecule has 3 aromatic heterocycles. The molecule has 142 valence electrons. The lowest BCUT2D eigenvalue weighted by Gasteiger charge is -2.08. The SMILES string of the molecule is Cc1ccc(-c2nc(C(=O)NCc3ccco3)cc3c2[nH]c2ccccc23)cc1. The van der Waals surface area contributed by atoms with E-state index in [2.05, 4.69) is 28.5 Å². The average Bonchev–Trinajstić information content (AvgIpc) is 3.39. The molecule has 1 amide bonds. The summed E-state index contributed by atoms with van der Waals surface area (Å²) in [4.78, 5) is 21.0. The van der Waals surface area contributed by atoms with Crippen LogP contribution in [0.1, 0.15) is 21.8 Å². The Morgan fingerprint density at radius 3 is 2.66 bits per heavy atom. The highest BCUT2D eigenvalue weighted by Gasteiger charge is 2.17. The Bertz CT molecular complexity index is 1320. The molecule has 5 aromatic rings. The number of furan rings is 1. The topological polar surface area (TPSA) is 70.9 Å². The highest BCUT2D eigenvalue weighted by molar-refractivity contribution is 6.13. The van der Waals surface area contributed by atoms with Crippen LogP contribution in [0.5, 0.6) is 0 Å². The molecular weight excluding hydrogens is 362 g/mol. The van der Waals surface area contributed by atoms with Gasteiger partial charge < -0.3 is 14.7 Å². The Morgan fingerprint density at radius 2 is 1.86 bits per heavy atom. The van der Waals surface area contributed by atoms with Crippen LogP contribution < -0.4 is 5.32 Å². The molecule has 5 nitrogen and oxygen atoms in total. The molecule has 0 aliphatic heterocycles.